The topological polar surface area (TPSA) is 107 Å². The predicted octanol–water partition coefficient (Wildman–Crippen LogP) is 6.16. The van der Waals surface area contributed by atoms with Crippen LogP contribution in [0, 0.1) is 23.6 Å². The number of amides is 4. The highest BCUT2D eigenvalue weighted by Gasteiger charge is 2.77. The monoisotopic (exact) mass is 745 g/mol. The minimum absolute atomic E-state index is 0.0867. The minimum Gasteiger partial charge on any atom is -0.504 e. The summed E-state index contributed by atoms with van der Waals surface area (Å²) in [5, 5.41) is 11.6. The number of allylic oxidation sites excluding steroid dienone is 2. The van der Waals surface area contributed by atoms with Gasteiger partial charge in [-0.3, -0.25) is 29.0 Å². The summed E-state index contributed by atoms with van der Waals surface area (Å²) in [6.45, 7) is 4.25. The number of hydrogen-bond acceptors (Lipinski definition) is 7. The summed E-state index contributed by atoms with van der Waals surface area (Å²) < 4.78 is 19.7. The van der Waals surface area contributed by atoms with Crippen LogP contribution in [0.3, 0.4) is 0 Å². The Morgan fingerprint density at radius 3 is 2.29 bits per heavy atom. The summed E-state index contributed by atoms with van der Waals surface area (Å²) in [5.74, 6) is -6.29. The first kappa shape index (κ1) is 34.8. The maximum Gasteiger partial charge on any atom is 0.258 e. The molecule has 0 aromatic heterocycles. The van der Waals surface area contributed by atoms with Crippen LogP contribution in [0.25, 0.3) is 0 Å². The van der Waals surface area contributed by atoms with Gasteiger partial charge in [0.25, 0.3) is 11.8 Å². The number of hydrogen-bond donors (Lipinski definition) is 1. The molecule has 3 aromatic rings. The summed E-state index contributed by atoms with van der Waals surface area (Å²) in [6.07, 6.45) is 3.15. The van der Waals surface area contributed by atoms with Gasteiger partial charge in [0.15, 0.2) is 21.2 Å². The Hall–Kier alpha value is -4.25. The standard InChI is InChI=1S/C40H38Cl2FN3O6/c1-2-52-31-10-6-9-29(34(31)47)33-27-15-16-28-32(36(49)45(35(28)48)26-17-19-44(20-18-26)22-23-7-4-3-5-8-23)30(27)21-39(41)37(50)46(38(51)40(33,39)42)25-13-11-24(43)12-14-25/h3-15,26,28,30,32-33,47H,2,16-22H2,1H3/t28-,30+,32-,33+,39+,40-/m0/s1. The van der Waals surface area contributed by atoms with Crippen molar-refractivity contribution in [2.45, 2.75) is 60.9 Å². The van der Waals surface area contributed by atoms with Crippen LogP contribution in [0.4, 0.5) is 10.1 Å². The largest absolute Gasteiger partial charge is 0.504 e. The molecule has 0 unspecified atom stereocenters. The molecule has 12 heteroatoms. The molecule has 270 valence electrons. The number of carbonyl (C=O) groups is 4. The van der Waals surface area contributed by atoms with Gasteiger partial charge < -0.3 is 9.84 Å². The Bertz CT molecular complexity index is 1990. The van der Waals surface area contributed by atoms with Crippen LogP contribution < -0.4 is 9.64 Å². The molecule has 3 aliphatic heterocycles. The number of ether oxygens (including phenoxy) is 1. The number of halogens is 3. The van der Waals surface area contributed by atoms with Crippen molar-refractivity contribution in [3.63, 3.8) is 0 Å². The Morgan fingerprint density at radius 2 is 1.60 bits per heavy atom. The van der Waals surface area contributed by atoms with Crippen molar-refractivity contribution in [3.8, 4) is 11.5 Å². The van der Waals surface area contributed by atoms with Crippen LogP contribution in [0.15, 0.2) is 84.4 Å². The van der Waals surface area contributed by atoms with Gasteiger partial charge in [-0.15, -0.1) is 23.2 Å². The molecule has 8 rings (SSSR count). The smallest absolute Gasteiger partial charge is 0.258 e. The summed E-state index contributed by atoms with van der Waals surface area (Å²) >= 11 is 14.9. The van der Waals surface area contributed by atoms with Crippen LogP contribution in [-0.2, 0) is 25.7 Å². The van der Waals surface area contributed by atoms with Crippen molar-refractivity contribution < 1.29 is 33.4 Å². The quantitative estimate of drug-likeness (QED) is 0.176. The van der Waals surface area contributed by atoms with Gasteiger partial charge in [0.2, 0.25) is 11.8 Å². The van der Waals surface area contributed by atoms with E-state index in [0.717, 1.165) is 36.7 Å². The average molecular weight is 747 g/mol. The molecule has 0 bridgehead atoms. The first-order valence-electron chi connectivity index (χ1n) is 17.8. The van der Waals surface area contributed by atoms with Gasteiger partial charge in [0.1, 0.15) is 5.82 Å². The number of benzene rings is 3. The molecule has 0 radical (unpaired) electrons. The van der Waals surface area contributed by atoms with Gasteiger partial charge in [0.05, 0.1) is 24.1 Å². The van der Waals surface area contributed by atoms with Crippen LogP contribution in [-0.4, -0.2) is 74.0 Å². The zero-order chi connectivity index (χ0) is 36.5. The lowest BCUT2D eigenvalue weighted by atomic mass is 9.56. The fraction of sp³-hybridized carbons (Fsp3) is 0.400. The minimum atomic E-state index is -2.16. The molecule has 52 heavy (non-hydrogen) atoms. The van der Waals surface area contributed by atoms with E-state index in [1.807, 2.05) is 24.3 Å². The van der Waals surface area contributed by atoms with Crippen molar-refractivity contribution in [2.24, 2.45) is 17.8 Å². The number of imide groups is 2. The molecule has 1 saturated carbocycles. The van der Waals surface area contributed by atoms with Gasteiger partial charge in [0, 0.05) is 37.2 Å². The zero-order valence-corrected chi connectivity index (χ0v) is 30.0. The normalized spacial score (nSPS) is 30.7. The third kappa shape index (κ3) is 5.12. The highest BCUT2D eigenvalue weighted by atomic mass is 35.5. The number of anilines is 1. The number of rotatable bonds is 7. The van der Waals surface area contributed by atoms with Crippen molar-refractivity contribution in [2.75, 3.05) is 24.6 Å². The van der Waals surface area contributed by atoms with Crippen LogP contribution in [0.5, 0.6) is 11.5 Å². The third-order valence-corrected chi connectivity index (χ3v) is 13.2. The van der Waals surface area contributed by atoms with E-state index in [2.05, 4.69) is 17.0 Å². The molecular weight excluding hydrogens is 708 g/mol. The van der Waals surface area contributed by atoms with E-state index in [1.165, 1.54) is 22.6 Å². The van der Waals surface area contributed by atoms with E-state index >= 15 is 0 Å². The van der Waals surface area contributed by atoms with E-state index in [1.54, 1.807) is 25.1 Å². The number of phenolic OH excluding ortho intramolecular Hbond substituents is 1. The van der Waals surface area contributed by atoms with Crippen molar-refractivity contribution >= 4 is 52.5 Å². The van der Waals surface area contributed by atoms with Crippen LogP contribution in [0.2, 0.25) is 0 Å². The first-order valence-corrected chi connectivity index (χ1v) is 18.5. The maximum atomic E-state index is 14.6. The lowest BCUT2D eigenvalue weighted by molar-refractivity contribution is -0.144. The van der Waals surface area contributed by atoms with Gasteiger partial charge in [-0.25, -0.2) is 9.29 Å². The Morgan fingerprint density at radius 1 is 0.885 bits per heavy atom. The number of para-hydroxylation sites is 1. The molecular formula is C40H38Cl2FN3O6. The van der Waals surface area contributed by atoms with E-state index in [4.69, 9.17) is 27.9 Å². The fourth-order valence-electron chi connectivity index (χ4n) is 9.35. The van der Waals surface area contributed by atoms with Gasteiger partial charge in [-0.1, -0.05) is 54.1 Å². The summed E-state index contributed by atoms with van der Waals surface area (Å²) in [5.41, 5.74) is 2.07. The summed E-state index contributed by atoms with van der Waals surface area (Å²) in [7, 11) is 0. The fourth-order valence-corrected chi connectivity index (χ4v) is 10.3. The zero-order valence-electron chi connectivity index (χ0n) is 28.5. The van der Waals surface area contributed by atoms with Gasteiger partial charge >= 0.3 is 0 Å². The molecule has 4 amide bonds. The molecule has 3 aromatic carbocycles. The number of aromatic hydroxyl groups is 1. The number of nitrogens with zero attached hydrogens (tertiary/aromatic N) is 3. The van der Waals surface area contributed by atoms with E-state index in [-0.39, 0.29) is 60.1 Å². The number of alkyl halides is 2. The molecule has 2 aliphatic carbocycles. The van der Waals surface area contributed by atoms with Gasteiger partial charge in [-0.2, -0.15) is 0 Å². The average Bonchev–Trinajstić information content (AvgIpc) is 3.48. The molecule has 6 atom stereocenters. The lowest BCUT2D eigenvalue weighted by Gasteiger charge is -2.50. The summed E-state index contributed by atoms with van der Waals surface area (Å²) in [6, 6.07) is 19.6. The molecule has 4 fully saturated rings. The molecule has 3 saturated heterocycles. The molecule has 0 spiro atoms. The third-order valence-electron chi connectivity index (χ3n) is 11.7. The Labute approximate surface area is 310 Å². The number of carbonyl (C=O) groups excluding carboxylic acids is 4. The van der Waals surface area contributed by atoms with Crippen molar-refractivity contribution in [3.05, 3.63) is 101 Å². The van der Waals surface area contributed by atoms with E-state index in [9.17, 15) is 28.7 Å². The van der Waals surface area contributed by atoms with Crippen LogP contribution >= 0.6 is 23.2 Å². The highest BCUT2D eigenvalue weighted by molar-refractivity contribution is 6.58. The molecule has 5 aliphatic rings. The Balaban J connectivity index is 1.17. The van der Waals surface area contributed by atoms with Crippen molar-refractivity contribution in [1.82, 2.24) is 9.80 Å². The molecule has 3 heterocycles. The first-order chi connectivity index (χ1) is 25.0. The second-order valence-electron chi connectivity index (χ2n) is 14.4. The van der Waals surface area contributed by atoms with Crippen molar-refractivity contribution in [1.29, 1.82) is 0 Å². The van der Waals surface area contributed by atoms with E-state index < -0.39 is 51.1 Å². The SMILES string of the molecule is CCOc1cccc([C@H]2C3=CC[C@@H]4C(=O)N(C5CCN(Cc6ccccc6)CC5)C(=O)[C@@H]4[C@@H]3C[C@@]3(Cl)C(=O)N(c4ccc(F)cc4)C(=O)[C@@]23Cl)c1O. The second kappa shape index (κ2) is 13.0. The second-order valence-corrected chi connectivity index (χ2v) is 15.7. The molecule has 9 nitrogen and oxygen atoms in total. The summed E-state index contributed by atoms with van der Waals surface area (Å²) in [4.78, 5) is 58.3. The number of piperidine rings is 1. The van der Waals surface area contributed by atoms with Gasteiger partial charge in [-0.05, 0) is 74.4 Å². The number of fused-ring (bicyclic) bond motifs is 4. The Kier molecular flexibility index (Phi) is 8.71. The molecule has 1 N–H and O–H groups in total. The highest BCUT2D eigenvalue weighted by Crippen LogP contribution is 2.67. The number of likely N-dealkylation sites (tertiary alicyclic amines) is 2. The number of phenols is 1. The maximum absolute atomic E-state index is 14.6. The lowest BCUT2D eigenvalue weighted by Crippen LogP contribution is -2.60. The van der Waals surface area contributed by atoms with E-state index in [0.29, 0.717) is 18.4 Å². The predicted molar refractivity (Wildman–Crippen MR) is 192 cm³/mol. The van der Waals surface area contributed by atoms with Crippen LogP contribution in [0.1, 0.15) is 49.7 Å².